The second-order valence-corrected chi connectivity index (χ2v) is 5.84. The first-order chi connectivity index (χ1) is 10.2. The standard InChI is InChI=1S/C15H13ClN2S.C2H6/c1-11-15-14(16)7-13(8-18(15)10-17-11)19-9-12-5-3-2-4-6-12;1-2/h2-8,10H,9H2,1H3;1-2H3. The molecule has 2 nitrogen and oxygen atoms in total. The van der Waals surface area contributed by atoms with Gasteiger partial charge in [-0.1, -0.05) is 55.8 Å². The zero-order valence-corrected chi connectivity index (χ0v) is 14.1. The van der Waals surface area contributed by atoms with Gasteiger partial charge in [-0.05, 0) is 18.6 Å². The van der Waals surface area contributed by atoms with E-state index >= 15 is 0 Å². The van der Waals surface area contributed by atoms with Crippen molar-refractivity contribution in [3.63, 3.8) is 0 Å². The summed E-state index contributed by atoms with van der Waals surface area (Å²) in [5.41, 5.74) is 3.26. The summed E-state index contributed by atoms with van der Waals surface area (Å²) in [6.07, 6.45) is 3.89. The fourth-order valence-electron chi connectivity index (χ4n) is 2.04. The van der Waals surface area contributed by atoms with E-state index in [0.29, 0.717) is 0 Å². The summed E-state index contributed by atoms with van der Waals surface area (Å²) in [4.78, 5) is 5.44. The van der Waals surface area contributed by atoms with Gasteiger partial charge >= 0.3 is 0 Å². The molecule has 0 unspecified atom stereocenters. The first kappa shape index (κ1) is 15.9. The Morgan fingerprint density at radius 1 is 1.19 bits per heavy atom. The maximum absolute atomic E-state index is 6.32. The van der Waals surface area contributed by atoms with Gasteiger partial charge in [-0.2, -0.15) is 0 Å². The molecule has 110 valence electrons. The van der Waals surface area contributed by atoms with Crippen LogP contribution in [0.1, 0.15) is 25.1 Å². The van der Waals surface area contributed by atoms with Gasteiger partial charge < -0.3 is 4.40 Å². The van der Waals surface area contributed by atoms with E-state index in [9.17, 15) is 0 Å². The lowest BCUT2D eigenvalue weighted by atomic mass is 10.2. The van der Waals surface area contributed by atoms with Gasteiger partial charge in [0.15, 0.2) is 0 Å². The second kappa shape index (κ2) is 7.53. The van der Waals surface area contributed by atoms with Crippen molar-refractivity contribution in [3.05, 3.63) is 65.2 Å². The van der Waals surface area contributed by atoms with E-state index in [1.807, 2.05) is 43.6 Å². The molecule has 0 N–H and O–H groups in total. The lowest BCUT2D eigenvalue weighted by molar-refractivity contribution is 1.11. The molecule has 1 aromatic carbocycles. The van der Waals surface area contributed by atoms with Crippen molar-refractivity contribution in [2.75, 3.05) is 0 Å². The number of benzene rings is 1. The molecule has 2 heterocycles. The minimum Gasteiger partial charge on any atom is -0.304 e. The minimum absolute atomic E-state index is 0.757. The fraction of sp³-hybridized carbons (Fsp3) is 0.235. The Hall–Kier alpha value is -1.45. The van der Waals surface area contributed by atoms with Crippen molar-refractivity contribution >= 4 is 28.9 Å². The summed E-state index contributed by atoms with van der Waals surface area (Å²) in [5.74, 6) is 0.941. The van der Waals surface area contributed by atoms with Crippen LogP contribution in [0.15, 0.2) is 53.8 Å². The van der Waals surface area contributed by atoms with Crippen LogP contribution in [-0.4, -0.2) is 9.38 Å². The highest BCUT2D eigenvalue weighted by Crippen LogP contribution is 2.29. The van der Waals surface area contributed by atoms with Crippen LogP contribution in [0, 0.1) is 6.92 Å². The number of hydrogen-bond donors (Lipinski definition) is 0. The summed E-state index contributed by atoms with van der Waals surface area (Å²) >= 11 is 8.10. The molecular weight excluding hydrogens is 300 g/mol. The largest absolute Gasteiger partial charge is 0.304 e. The summed E-state index contributed by atoms with van der Waals surface area (Å²) in [5, 5.41) is 0.757. The average Bonchev–Trinajstić information content (AvgIpc) is 2.90. The Kier molecular flexibility index (Phi) is 5.71. The summed E-state index contributed by atoms with van der Waals surface area (Å²) in [6.45, 7) is 5.97. The number of nitrogens with zero attached hydrogens (tertiary/aromatic N) is 2. The highest BCUT2D eigenvalue weighted by atomic mass is 35.5. The Morgan fingerprint density at radius 3 is 2.62 bits per heavy atom. The van der Waals surface area contributed by atoms with Crippen LogP contribution in [-0.2, 0) is 5.75 Å². The van der Waals surface area contributed by atoms with Crippen LogP contribution in [0.25, 0.3) is 5.52 Å². The van der Waals surface area contributed by atoms with Crippen molar-refractivity contribution < 1.29 is 0 Å². The zero-order chi connectivity index (χ0) is 15.2. The molecule has 0 radical (unpaired) electrons. The number of aromatic nitrogens is 2. The van der Waals surface area contributed by atoms with Crippen LogP contribution in [0.5, 0.6) is 0 Å². The fourth-order valence-corrected chi connectivity index (χ4v) is 3.37. The number of thioether (sulfide) groups is 1. The third-order valence-electron chi connectivity index (χ3n) is 2.99. The van der Waals surface area contributed by atoms with Gasteiger partial charge in [-0.25, -0.2) is 4.98 Å². The Labute approximate surface area is 135 Å². The topological polar surface area (TPSA) is 17.3 Å². The normalized spacial score (nSPS) is 10.3. The van der Waals surface area contributed by atoms with Crippen molar-refractivity contribution in [1.29, 1.82) is 0 Å². The smallest absolute Gasteiger partial charge is 0.0996 e. The molecule has 0 aliphatic heterocycles. The number of aryl methyl sites for hydroxylation is 1. The van der Waals surface area contributed by atoms with Crippen LogP contribution >= 0.6 is 23.4 Å². The van der Waals surface area contributed by atoms with Gasteiger partial charge in [0.25, 0.3) is 0 Å². The van der Waals surface area contributed by atoms with E-state index in [2.05, 4.69) is 35.4 Å². The highest BCUT2D eigenvalue weighted by molar-refractivity contribution is 7.98. The quantitative estimate of drug-likeness (QED) is 0.583. The Balaban J connectivity index is 0.000000774. The lowest BCUT2D eigenvalue weighted by Gasteiger charge is -2.05. The first-order valence-corrected chi connectivity index (χ1v) is 8.40. The van der Waals surface area contributed by atoms with Gasteiger partial charge in [0.05, 0.1) is 22.6 Å². The third-order valence-corrected chi connectivity index (χ3v) is 4.31. The van der Waals surface area contributed by atoms with E-state index in [4.69, 9.17) is 11.6 Å². The lowest BCUT2D eigenvalue weighted by Crippen LogP contribution is -1.87. The van der Waals surface area contributed by atoms with Gasteiger partial charge in [0.1, 0.15) is 0 Å². The Morgan fingerprint density at radius 2 is 1.90 bits per heavy atom. The molecular formula is C17H19ClN2S. The molecule has 0 amide bonds. The number of fused-ring (bicyclic) bond motifs is 1. The monoisotopic (exact) mass is 318 g/mol. The zero-order valence-electron chi connectivity index (χ0n) is 12.5. The van der Waals surface area contributed by atoms with Gasteiger partial charge in [-0.15, -0.1) is 11.8 Å². The third kappa shape index (κ3) is 3.80. The van der Waals surface area contributed by atoms with Gasteiger partial charge in [-0.3, -0.25) is 0 Å². The molecule has 4 heteroatoms. The molecule has 0 saturated carbocycles. The van der Waals surface area contributed by atoms with E-state index in [0.717, 1.165) is 26.9 Å². The number of hydrogen-bond acceptors (Lipinski definition) is 2. The van der Waals surface area contributed by atoms with Crippen molar-refractivity contribution in [2.45, 2.75) is 31.4 Å². The maximum Gasteiger partial charge on any atom is 0.0996 e. The minimum atomic E-state index is 0.757. The molecule has 21 heavy (non-hydrogen) atoms. The van der Waals surface area contributed by atoms with E-state index in [1.165, 1.54) is 5.56 Å². The summed E-state index contributed by atoms with van der Waals surface area (Å²) in [7, 11) is 0. The number of rotatable bonds is 3. The predicted octanol–water partition coefficient (Wildman–Crippen LogP) is 5.61. The van der Waals surface area contributed by atoms with Crippen LogP contribution in [0.2, 0.25) is 5.02 Å². The second-order valence-electron chi connectivity index (χ2n) is 4.38. The Bertz CT molecular complexity index is 707. The molecule has 0 fully saturated rings. The predicted molar refractivity (Wildman–Crippen MR) is 92.3 cm³/mol. The summed E-state index contributed by atoms with van der Waals surface area (Å²) in [6, 6.07) is 12.4. The van der Waals surface area contributed by atoms with Crippen molar-refractivity contribution in [2.24, 2.45) is 0 Å². The molecule has 3 rings (SSSR count). The number of halogens is 1. The molecule has 0 atom stereocenters. The van der Waals surface area contributed by atoms with E-state index in [1.54, 1.807) is 11.8 Å². The molecule has 2 aromatic heterocycles. The van der Waals surface area contributed by atoms with Crippen molar-refractivity contribution in [3.8, 4) is 0 Å². The molecule has 0 bridgehead atoms. The summed E-state index contributed by atoms with van der Waals surface area (Å²) < 4.78 is 1.99. The van der Waals surface area contributed by atoms with Gasteiger partial charge in [0, 0.05) is 16.8 Å². The van der Waals surface area contributed by atoms with Gasteiger partial charge in [0.2, 0.25) is 0 Å². The number of pyridine rings is 1. The SMILES string of the molecule is CC.Cc1ncn2cc(SCc3ccccc3)cc(Cl)c12. The van der Waals surface area contributed by atoms with E-state index in [-0.39, 0.29) is 0 Å². The molecule has 0 spiro atoms. The van der Waals surface area contributed by atoms with Crippen LogP contribution < -0.4 is 0 Å². The van der Waals surface area contributed by atoms with Crippen LogP contribution in [0.4, 0.5) is 0 Å². The van der Waals surface area contributed by atoms with Crippen molar-refractivity contribution in [1.82, 2.24) is 9.38 Å². The molecule has 0 aliphatic rings. The molecule has 3 aromatic rings. The number of imidazole rings is 1. The van der Waals surface area contributed by atoms with E-state index < -0.39 is 0 Å². The van der Waals surface area contributed by atoms with Crippen LogP contribution in [0.3, 0.4) is 0 Å². The average molecular weight is 319 g/mol. The molecule has 0 saturated heterocycles. The first-order valence-electron chi connectivity index (χ1n) is 7.03. The molecule has 0 aliphatic carbocycles. The highest BCUT2D eigenvalue weighted by Gasteiger charge is 2.07. The maximum atomic E-state index is 6.32.